The second-order valence-corrected chi connectivity index (χ2v) is 8.00. The quantitative estimate of drug-likeness (QED) is 0.630. The first-order valence-electron chi connectivity index (χ1n) is 9.26. The fraction of sp³-hybridized carbons (Fsp3) is 0.429. The molecule has 1 aromatic carbocycles. The van der Waals surface area contributed by atoms with E-state index in [1.54, 1.807) is 16.2 Å². The van der Waals surface area contributed by atoms with Gasteiger partial charge in [0.15, 0.2) is 0 Å². The molecule has 1 aliphatic rings. The third-order valence-corrected chi connectivity index (χ3v) is 5.48. The van der Waals surface area contributed by atoms with Crippen molar-refractivity contribution in [3.63, 3.8) is 0 Å². The molecule has 0 atom stereocenters. The second kappa shape index (κ2) is 9.67. The molecular weight excluding hydrogens is 360 g/mol. The van der Waals surface area contributed by atoms with Crippen LogP contribution >= 0.6 is 11.3 Å². The SMILES string of the molecule is COCC(=O)N(CC(=O)N(Cc1ccccc1)Cc1cccs1)CC1CC1. The van der Waals surface area contributed by atoms with Crippen LogP contribution in [0.5, 0.6) is 0 Å². The molecule has 5 nitrogen and oxygen atoms in total. The molecule has 1 fully saturated rings. The molecule has 0 N–H and O–H groups in total. The van der Waals surface area contributed by atoms with Crippen molar-refractivity contribution in [3.05, 3.63) is 58.3 Å². The van der Waals surface area contributed by atoms with Crippen LogP contribution in [0.2, 0.25) is 0 Å². The summed E-state index contributed by atoms with van der Waals surface area (Å²) in [5.74, 6) is 0.379. The molecule has 144 valence electrons. The third kappa shape index (κ3) is 6.19. The molecule has 2 aromatic rings. The van der Waals surface area contributed by atoms with E-state index in [0.717, 1.165) is 23.3 Å². The van der Waals surface area contributed by atoms with E-state index in [2.05, 4.69) is 0 Å². The summed E-state index contributed by atoms with van der Waals surface area (Å²) in [5.41, 5.74) is 1.08. The van der Waals surface area contributed by atoms with E-state index in [-0.39, 0.29) is 25.0 Å². The maximum absolute atomic E-state index is 13.1. The Labute approximate surface area is 164 Å². The number of amides is 2. The summed E-state index contributed by atoms with van der Waals surface area (Å²) in [7, 11) is 1.51. The summed E-state index contributed by atoms with van der Waals surface area (Å²) < 4.78 is 5.00. The van der Waals surface area contributed by atoms with E-state index in [4.69, 9.17) is 4.74 Å². The molecule has 0 spiro atoms. The van der Waals surface area contributed by atoms with Gasteiger partial charge in [0.25, 0.3) is 0 Å². The molecule has 2 amide bonds. The maximum atomic E-state index is 13.1. The first-order valence-corrected chi connectivity index (χ1v) is 10.1. The van der Waals surface area contributed by atoms with Gasteiger partial charge in [-0.05, 0) is 35.8 Å². The van der Waals surface area contributed by atoms with Gasteiger partial charge in [0.2, 0.25) is 11.8 Å². The number of rotatable bonds is 10. The number of hydrogen-bond acceptors (Lipinski definition) is 4. The number of benzene rings is 1. The Balaban J connectivity index is 1.70. The van der Waals surface area contributed by atoms with Gasteiger partial charge in [0.1, 0.15) is 6.61 Å². The Kier molecular flexibility index (Phi) is 7.01. The number of methoxy groups -OCH3 is 1. The van der Waals surface area contributed by atoms with Gasteiger partial charge in [-0.3, -0.25) is 9.59 Å². The van der Waals surface area contributed by atoms with E-state index in [1.807, 2.05) is 52.7 Å². The van der Waals surface area contributed by atoms with E-state index >= 15 is 0 Å². The zero-order valence-corrected chi connectivity index (χ0v) is 16.5. The van der Waals surface area contributed by atoms with Crippen molar-refractivity contribution >= 4 is 23.2 Å². The summed E-state index contributed by atoms with van der Waals surface area (Å²) in [4.78, 5) is 30.1. The van der Waals surface area contributed by atoms with Crippen LogP contribution in [0.25, 0.3) is 0 Å². The van der Waals surface area contributed by atoms with Crippen molar-refractivity contribution in [2.45, 2.75) is 25.9 Å². The Bertz CT molecular complexity index is 729. The van der Waals surface area contributed by atoms with Gasteiger partial charge in [0.05, 0.1) is 13.1 Å². The standard InChI is InChI=1S/C21H26N2O3S/c1-26-16-21(25)23(13-18-9-10-18)15-20(24)22(14-19-8-5-11-27-19)12-17-6-3-2-4-7-17/h2-8,11,18H,9-10,12-16H2,1H3. The number of carbonyl (C=O) groups is 2. The molecule has 3 rings (SSSR count). The number of nitrogens with zero attached hydrogens (tertiary/aromatic N) is 2. The minimum Gasteiger partial charge on any atom is -0.375 e. The van der Waals surface area contributed by atoms with Gasteiger partial charge in [-0.1, -0.05) is 36.4 Å². The fourth-order valence-electron chi connectivity index (χ4n) is 2.97. The Morgan fingerprint density at radius 3 is 2.44 bits per heavy atom. The van der Waals surface area contributed by atoms with Crippen molar-refractivity contribution in [3.8, 4) is 0 Å². The highest BCUT2D eigenvalue weighted by Crippen LogP contribution is 2.29. The van der Waals surface area contributed by atoms with Crippen LogP contribution in [-0.2, 0) is 27.4 Å². The fourth-order valence-corrected chi connectivity index (χ4v) is 3.69. The lowest BCUT2D eigenvalue weighted by Gasteiger charge is -2.27. The number of ether oxygens (including phenoxy) is 1. The molecule has 0 bridgehead atoms. The summed E-state index contributed by atoms with van der Waals surface area (Å²) in [6.45, 7) is 1.86. The third-order valence-electron chi connectivity index (χ3n) is 4.62. The first kappa shape index (κ1) is 19.6. The lowest BCUT2D eigenvalue weighted by molar-refractivity contribution is -0.143. The minimum atomic E-state index is -0.117. The van der Waals surface area contributed by atoms with Gasteiger partial charge >= 0.3 is 0 Å². The van der Waals surface area contributed by atoms with Crippen molar-refractivity contribution in [2.75, 3.05) is 26.8 Å². The number of hydrogen-bond donors (Lipinski definition) is 0. The van der Waals surface area contributed by atoms with E-state index < -0.39 is 0 Å². The molecule has 1 aromatic heterocycles. The monoisotopic (exact) mass is 386 g/mol. The molecule has 27 heavy (non-hydrogen) atoms. The topological polar surface area (TPSA) is 49.9 Å². The van der Waals surface area contributed by atoms with Gasteiger partial charge < -0.3 is 14.5 Å². The van der Waals surface area contributed by atoms with Crippen LogP contribution in [0.1, 0.15) is 23.3 Å². The van der Waals surface area contributed by atoms with Crippen LogP contribution in [-0.4, -0.2) is 48.4 Å². The van der Waals surface area contributed by atoms with Crippen LogP contribution in [0.4, 0.5) is 0 Å². The lowest BCUT2D eigenvalue weighted by atomic mass is 10.2. The summed E-state index contributed by atoms with van der Waals surface area (Å²) in [5, 5.41) is 2.02. The van der Waals surface area contributed by atoms with Crippen LogP contribution in [0.15, 0.2) is 47.8 Å². The largest absolute Gasteiger partial charge is 0.375 e. The Morgan fingerprint density at radius 2 is 1.81 bits per heavy atom. The van der Waals surface area contributed by atoms with Gasteiger partial charge in [-0.25, -0.2) is 0 Å². The predicted molar refractivity (Wildman–Crippen MR) is 106 cm³/mol. The van der Waals surface area contributed by atoms with Crippen molar-refractivity contribution in [2.24, 2.45) is 5.92 Å². The molecular formula is C21H26N2O3S. The van der Waals surface area contributed by atoms with Crippen LogP contribution < -0.4 is 0 Å². The molecule has 0 saturated heterocycles. The minimum absolute atomic E-state index is 0.0175. The maximum Gasteiger partial charge on any atom is 0.249 e. The first-order chi connectivity index (χ1) is 13.2. The highest BCUT2D eigenvalue weighted by molar-refractivity contribution is 7.09. The molecule has 0 radical (unpaired) electrons. The van der Waals surface area contributed by atoms with Crippen LogP contribution in [0.3, 0.4) is 0 Å². The molecule has 1 aliphatic carbocycles. The Morgan fingerprint density at radius 1 is 1.04 bits per heavy atom. The van der Waals surface area contributed by atoms with Crippen molar-refractivity contribution in [1.29, 1.82) is 0 Å². The Hall–Kier alpha value is -2.18. The molecule has 0 unspecified atom stereocenters. The van der Waals surface area contributed by atoms with Crippen molar-refractivity contribution in [1.82, 2.24) is 9.80 Å². The molecule has 0 aliphatic heterocycles. The normalized spacial score (nSPS) is 13.4. The van der Waals surface area contributed by atoms with Gasteiger partial charge in [-0.15, -0.1) is 11.3 Å². The summed E-state index contributed by atoms with van der Waals surface area (Å²) in [6, 6.07) is 14.0. The number of thiophene rings is 1. The predicted octanol–water partition coefficient (Wildman–Crippen LogP) is 3.16. The molecule has 1 saturated carbocycles. The lowest BCUT2D eigenvalue weighted by Crippen LogP contribution is -2.44. The van der Waals surface area contributed by atoms with Gasteiger partial charge in [0, 0.05) is 25.1 Å². The highest BCUT2D eigenvalue weighted by Gasteiger charge is 2.29. The summed E-state index contributed by atoms with van der Waals surface area (Å²) >= 11 is 1.64. The number of carbonyl (C=O) groups excluding carboxylic acids is 2. The zero-order chi connectivity index (χ0) is 19.1. The molecule has 1 heterocycles. The zero-order valence-electron chi connectivity index (χ0n) is 15.7. The smallest absolute Gasteiger partial charge is 0.249 e. The van der Waals surface area contributed by atoms with Gasteiger partial charge in [-0.2, -0.15) is 0 Å². The summed E-state index contributed by atoms with van der Waals surface area (Å²) in [6.07, 6.45) is 2.27. The average molecular weight is 387 g/mol. The average Bonchev–Trinajstić information content (AvgIpc) is 3.34. The second-order valence-electron chi connectivity index (χ2n) is 6.97. The van der Waals surface area contributed by atoms with Crippen LogP contribution in [0, 0.1) is 5.92 Å². The van der Waals surface area contributed by atoms with E-state index in [9.17, 15) is 9.59 Å². The van der Waals surface area contributed by atoms with E-state index in [0.29, 0.717) is 25.6 Å². The highest BCUT2D eigenvalue weighted by atomic mass is 32.1. The molecule has 6 heteroatoms. The van der Waals surface area contributed by atoms with E-state index in [1.165, 1.54) is 7.11 Å². The van der Waals surface area contributed by atoms with Crippen molar-refractivity contribution < 1.29 is 14.3 Å².